The number of sulfone groups is 1. The van der Waals surface area contributed by atoms with Gasteiger partial charge in [0.05, 0.1) is 5.75 Å². The number of rotatable bonds is 5. The van der Waals surface area contributed by atoms with Gasteiger partial charge in [-0.2, -0.15) is 4.68 Å². The molecule has 7 nitrogen and oxygen atoms in total. The van der Waals surface area contributed by atoms with Crippen molar-refractivity contribution in [3.8, 4) is 0 Å². The Morgan fingerprint density at radius 3 is 2.52 bits per heavy atom. The van der Waals surface area contributed by atoms with Crippen LogP contribution in [0, 0.1) is 5.92 Å². The molecule has 0 spiro atoms. The standard InChI is InChI=1S/C11H16Cl2N4O3S/c1-3-16(4-2)10(18)17-7-14-9(15-17)21(19,20)6-8-5-11(8,12)13/h7-8H,3-6H2,1-2H3. The van der Waals surface area contributed by atoms with E-state index in [-0.39, 0.29) is 16.8 Å². The van der Waals surface area contributed by atoms with Gasteiger partial charge in [-0.05, 0) is 20.3 Å². The molecule has 1 heterocycles. The van der Waals surface area contributed by atoms with Crippen LogP contribution in [0.1, 0.15) is 20.3 Å². The molecule has 2 rings (SSSR count). The third-order valence-electron chi connectivity index (χ3n) is 3.36. The van der Waals surface area contributed by atoms with Crippen LogP contribution in [-0.4, -0.2) is 57.3 Å². The van der Waals surface area contributed by atoms with E-state index in [9.17, 15) is 13.2 Å². The minimum absolute atomic E-state index is 0.219. The number of halogens is 2. The summed E-state index contributed by atoms with van der Waals surface area (Å²) in [5.41, 5.74) is 0. The van der Waals surface area contributed by atoms with Crippen LogP contribution in [0.3, 0.4) is 0 Å². The summed E-state index contributed by atoms with van der Waals surface area (Å²) in [5.74, 6) is -0.542. The van der Waals surface area contributed by atoms with Crippen LogP contribution in [0.15, 0.2) is 11.5 Å². The zero-order valence-electron chi connectivity index (χ0n) is 11.7. The highest BCUT2D eigenvalue weighted by atomic mass is 35.5. The first-order chi connectivity index (χ1) is 9.71. The summed E-state index contributed by atoms with van der Waals surface area (Å²) in [6, 6.07) is -0.413. The molecule has 0 aliphatic heterocycles. The molecule has 1 saturated carbocycles. The smallest absolute Gasteiger partial charge is 0.323 e. The van der Waals surface area contributed by atoms with Crippen molar-refractivity contribution in [3.05, 3.63) is 6.33 Å². The maximum Gasteiger partial charge on any atom is 0.346 e. The van der Waals surface area contributed by atoms with E-state index in [1.165, 1.54) is 4.90 Å². The summed E-state index contributed by atoms with van der Waals surface area (Å²) in [6.07, 6.45) is 1.53. The number of aromatic nitrogens is 3. The van der Waals surface area contributed by atoms with Gasteiger partial charge in [-0.15, -0.1) is 28.3 Å². The molecule has 1 amide bonds. The van der Waals surface area contributed by atoms with E-state index in [0.717, 1.165) is 11.0 Å². The van der Waals surface area contributed by atoms with E-state index < -0.39 is 20.2 Å². The molecular formula is C11H16Cl2N4O3S. The van der Waals surface area contributed by atoms with E-state index in [1.807, 2.05) is 13.8 Å². The number of hydrogen-bond donors (Lipinski definition) is 0. The first kappa shape index (κ1) is 16.5. The van der Waals surface area contributed by atoms with Crippen molar-refractivity contribution >= 4 is 39.1 Å². The SMILES string of the molecule is CCN(CC)C(=O)n1cnc(S(=O)(=O)CC2CC2(Cl)Cl)n1. The quantitative estimate of drug-likeness (QED) is 0.749. The van der Waals surface area contributed by atoms with Crippen LogP contribution in [0.2, 0.25) is 0 Å². The molecule has 21 heavy (non-hydrogen) atoms. The predicted octanol–water partition coefficient (Wildman–Crippen LogP) is 1.56. The molecule has 1 aliphatic rings. The summed E-state index contributed by atoms with van der Waals surface area (Å²) in [4.78, 5) is 17.3. The third-order valence-corrected chi connectivity index (χ3v) is 5.87. The fourth-order valence-electron chi connectivity index (χ4n) is 1.91. The number of amides is 1. The van der Waals surface area contributed by atoms with Crippen molar-refractivity contribution in [1.29, 1.82) is 0 Å². The fraction of sp³-hybridized carbons (Fsp3) is 0.727. The molecule has 1 aromatic rings. The number of hydrogen-bond acceptors (Lipinski definition) is 5. The van der Waals surface area contributed by atoms with E-state index >= 15 is 0 Å². The van der Waals surface area contributed by atoms with Gasteiger partial charge in [-0.3, -0.25) is 0 Å². The molecule has 1 atom stereocenters. The Morgan fingerprint density at radius 1 is 1.48 bits per heavy atom. The Kier molecular flexibility index (Phi) is 4.51. The van der Waals surface area contributed by atoms with Crippen LogP contribution >= 0.6 is 23.2 Å². The van der Waals surface area contributed by atoms with Crippen LogP contribution < -0.4 is 0 Å². The Labute approximate surface area is 133 Å². The lowest BCUT2D eigenvalue weighted by Gasteiger charge is -2.17. The summed E-state index contributed by atoms with van der Waals surface area (Å²) in [5, 5.41) is 3.39. The molecular weight excluding hydrogens is 339 g/mol. The van der Waals surface area contributed by atoms with Crippen molar-refractivity contribution in [2.45, 2.75) is 29.8 Å². The number of carbonyl (C=O) groups excluding carboxylic acids is 1. The molecule has 1 aromatic heterocycles. The van der Waals surface area contributed by atoms with E-state index in [2.05, 4.69) is 10.1 Å². The Morgan fingerprint density at radius 2 is 2.05 bits per heavy atom. The van der Waals surface area contributed by atoms with Gasteiger partial charge in [0.1, 0.15) is 10.7 Å². The topological polar surface area (TPSA) is 85.2 Å². The Bertz CT molecular complexity index is 640. The predicted molar refractivity (Wildman–Crippen MR) is 78.3 cm³/mol. The van der Waals surface area contributed by atoms with Crippen LogP contribution in [0.4, 0.5) is 4.79 Å². The van der Waals surface area contributed by atoms with E-state index in [4.69, 9.17) is 23.2 Å². The van der Waals surface area contributed by atoms with E-state index in [1.54, 1.807) is 0 Å². The average molecular weight is 355 g/mol. The summed E-state index contributed by atoms with van der Waals surface area (Å²) < 4.78 is 24.2. The molecule has 0 N–H and O–H groups in total. The lowest BCUT2D eigenvalue weighted by Crippen LogP contribution is -2.34. The third kappa shape index (κ3) is 3.49. The van der Waals surface area contributed by atoms with Gasteiger partial charge in [0.15, 0.2) is 0 Å². The van der Waals surface area contributed by atoms with Gasteiger partial charge in [0.25, 0.3) is 5.16 Å². The second-order valence-electron chi connectivity index (χ2n) is 4.87. The lowest BCUT2D eigenvalue weighted by molar-refractivity contribution is 0.201. The second kappa shape index (κ2) is 5.73. The zero-order chi connectivity index (χ0) is 15.8. The first-order valence-electron chi connectivity index (χ1n) is 6.52. The molecule has 0 saturated heterocycles. The normalized spacial score (nSPS) is 20.3. The maximum atomic E-state index is 12.1. The monoisotopic (exact) mass is 354 g/mol. The molecule has 118 valence electrons. The van der Waals surface area contributed by atoms with Gasteiger partial charge in [-0.1, -0.05) is 0 Å². The van der Waals surface area contributed by atoms with Gasteiger partial charge in [0, 0.05) is 19.0 Å². The molecule has 10 heteroatoms. The Balaban J connectivity index is 2.14. The van der Waals surface area contributed by atoms with Gasteiger partial charge >= 0.3 is 6.03 Å². The minimum Gasteiger partial charge on any atom is -0.323 e. The van der Waals surface area contributed by atoms with Crippen LogP contribution in [0.25, 0.3) is 0 Å². The maximum absolute atomic E-state index is 12.1. The van der Waals surface area contributed by atoms with Crippen molar-refractivity contribution < 1.29 is 13.2 Å². The molecule has 0 radical (unpaired) electrons. The molecule has 0 bridgehead atoms. The first-order valence-corrected chi connectivity index (χ1v) is 8.93. The highest BCUT2D eigenvalue weighted by Gasteiger charge is 2.53. The van der Waals surface area contributed by atoms with Crippen molar-refractivity contribution in [3.63, 3.8) is 0 Å². The highest BCUT2D eigenvalue weighted by Crippen LogP contribution is 2.53. The van der Waals surface area contributed by atoms with E-state index in [0.29, 0.717) is 19.5 Å². The molecule has 1 fully saturated rings. The van der Waals surface area contributed by atoms with Gasteiger partial charge in [-0.25, -0.2) is 18.2 Å². The number of alkyl halides is 2. The average Bonchev–Trinajstić information content (AvgIpc) is 2.83. The fourth-order valence-corrected chi connectivity index (χ4v) is 4.12. The summed E-state index contributed by atoms with van der Waals surface area (Å²) in [6.45, 7) is 4.65. The highest BCUT2D eigenvalue weighted by molar-refractivity contribution is 7.91. The second-order valence-corrected chi connectivity index (χ2v) is 8.34. The molecule has 1 unspecified atom stereocenters. The van der Waals surface area contributed by atoms with Gasteiger partial charge in [0.2, 0.25) is 9.84 Å². The summed E-state index contributed by atoms with van der Waals surface area (Å²) in [7, 11) is -3.70. The summed E-state index contributed by atoms with van der Waals surface area (Å²) >= 11 is 11.7. The lowest BCUT2D eigenvalue weighted by atomic mass is 10.5. The Hall–Kier alpha value is -0.860. The van der Waals surface area contributed by atoms with Crippen molar-refractivity contribution in [2.75, 3.05) is 18.8 Å². The van der Waals surface area contributed by atoms with Crippen molar-refractivity contribution in [1.82, 2.24) is 19.7 Å². The van der Waals surface area contributed by atoms with Crippen molar-refractivity contribution in [2.24, 2.45) is 5.92 Å². The minimum atomic E-state index is -3.70. The van der Waals surface area contributed by atoms with Gasteiger partial charge < -0.3 is 4.90 Å². The largest absolute Gasteiger partial charge is 0.346 e. The van der Waals surface area contributed by atoms with Crippen LogP contribution in [0.5, 0.6) is 0 Å². The molecule has 1 aliphatic carbocycles. The van der Waals surface area contributed by atoms with Crippen LogP contribution in [-0.2, 0) is 9.84 Å². The molecule has 0 aromatic carbocycles. The zero-order valence-corrected chi connectivity index (χ0v) is 14.0. The number of nitrogens with zero attached hydrogens (tertiary/aromatic N) is 4. The number of carbonyl (C=O) groups is 1.